The Balaban J connectivity index is 2.03. The summed E-state index contributed by atoms with van der Waals surface area (Å²) >= 11 is 1.69. The summed E-state index contributed by atoms with van der Waals surface area (Å²) in [7, 11) is 2.03. The second-order valence-corrected chi connectivity index (χ2v) is 5.41. The number of aliphatic hydroxyl groups is 1. The van der Waals surface area contributed by atoms with Crippen molar-refractivity contribution in [3.8, 4) is 0 Å². The molecular weight excluding hydrogens is 208 g/mol. The summed E-state index contributed by atoms with van der Waals surface area (Å²) in [5, 5.41) is 9.80. The SMILES string of the molecule is CC[C@@H]1C(O)SC[C@@H]1Cc1cncn1C. The van der Waals surface area contributed by atoms with E-state index >= 15 is 0 Å². The predicted octanol–water partition coefficient (Wildman–Crippen LogP) is 1.67. The summed E-state index contributed by atoms with van der Waals surface area (Å²) < 4.78 is 2.07. The lowest BCUT2D eigenvalue weighted by Crippen LogP contribution is -2.20. The van der Waals surface area contributed by atoms with E-state index in [0.29, 0.717) is 11.8 Å². The van der Waals surface area contributed by atoms with Crippen molar-refractivity contribution < 1.29 is 5.11 Å². The molecule has 0 saturated carbocycles. The third kappa shape index (κ3) is 2.21. The lowest BCUT2D eigenvalue weighted by Gasteiger charge is -2.19. The minimum Gasteiger partial charge on any atom is -0.382 e. The molecule has 3 nitrogen and oxygen atoms in total. The van der Waals surface area contributed by atoms with Crippen molar-refractivity contribution in [2.45, 2.75) is 25.2 Å². The number of thioether (sulfide) groups is 1. The maximum Gasteiger partial charge on any atom is 0.102 e. The summed E-state index contributed by atoms with van der Waals surface area (Å²) in [6.07, 6.45) is 5.88. The third-order valence-electron chi connectivity index (χ3n) is 3.31. The van der Waals surface area contributed by atoms with E-state index in [0.717, 1.165) is 18.6 Å². The van der Waals surface area contributed by atoms with Crippen LogP contribution in [0.4, 0.5) is 0 Å². The normalized spacial score (nSPS) is 31.0. The molecule has 0 spiro atoms. The molecule has 2 rings (SSSR count). The first-order chi connectivity index (χ1) is 7.22. The molecule has 0 aromatic carbocycles. The van der Waals surface area contributed by atoms with Gasteiger partial charge in [0.15, 0.2) is 0 Å². The summed E-state index contributed by atoms with van der Waals surface area (Å²) in [5.74, 6) is 2.13. The molecule has 1 aliphatic heterocycles. The molecule has 84 valence electrons. The lowest BCUT2D eigenvalue weighted by molar-refractivity contribution is 0.163. The van der Waals surface area contributed by atoms with Crippen LogP contribution >= 0.6 is 11.8 Å². The van der Waals surface area contributed by atoms with E-state index in [-0.39, 0.29) is 5.44 Å². The standard InChI is InChI=1S/C11H18N2OS/c1-3-10-8(6-15-11(10)14)4-9-5-12-7-13(9)2/h5,7-8,10-11,14H,3-4,6H2,1-2H3/t8-,10-,11?/m0/s1. The van der Waals surface area contributed by atoms with Gasteiger partial charge in [0, 0.05) is 18.9 Å². The molecule has 1 aromatic rings. The topological polar surface area (TPSA) is 38.1 Å². The number of rotatable bonds is 3. The Morgan fingerprint density at radius 3 is 3.07 bits per heavy atom. The van der Waals surface area contributed by atoms with Crippen LogP contribution in [0.5, 0.6) is 0 Å². The fourth-order valence-electron chi connectivity index (χ4n) is 2.30. The molecule has 0 radical (unpaired) electrons. The number of hydrogen-bond acceptors (Lipinski definition) is 3. The van der Waals surface area contributed by atoms with Crippen LogP contribution in [-0.4, -0.2) is 25.8 Å². The van der Waals surface area contributed by atoms with E-state index in [4.69, 9.17) is 0 Å². The molecule has 1 aromatic heterocycles. The quantitative estimate of drug-likeness (QED) is 0.852. The number of aryl methyl sites for hydroxylation is 1. The molecule has 0 aliphatic carbocycles. The smallest absolute Gasteiger partial charge is 0.102 e. The second-order valence-electron chi connectivity index (χ2n) is 4.26. The van der Waals surface area contributed by atoms with E-state index < -0.39 is 0 Å². The van der Waals surface area contributed by atoms with Crippen LogP contribution in [0.25, 0.3) is 0 Å². The summed E-state index contributed by atoms with van der Waals surface area (Å²) in [5.41, 5.74) is 1.11. The van der Waals surface area contributed by atoms with Gasteiger partial charge >= 0.3 is 0 Å². The van der Waals surface area contributed by atoms with Crippen LogP contribution < -0.4 is 0 Å². The number of nitrogens with zero attached hydrogens (tertiary/aromatic N) is 2. The van der Waals surface area contributed by atoms with Crippen molar-refractivity contribution in [3.63, 3.8) is 0 Å². The van der Waals surface area contributed by atoms with Gasteiger partial charge in [-0.15, -0.1) is 11.8 Å². The summed E-state index contributed by atoms with van der Waals surface area (Å²) in [6, 6.07) is 0. The average Bonchev–Trinajstić information content (AvgIpc) is 2.76. The third-order valence-corrected chi connectivity index (χ3v) is 4.62. The lowest BCUT2D eigenvalue weighted by atomic mass is 9.89. The first-order valence-electron chi connectivity index (χ1n) is 5.47. The highest BCUT2D eigenvalue weighted by atomic mass is 32.2. The van der Waals surface area contributed by atoms with E-state index in [1.807, 2.05) is 19.6 Å². The molecule has 1 unspecified atom stereocenters. The van der Waals surface area contributed by atoms with Gasteiger partial charge in [-0.3, -0.25) is 0 Å². The van der Waals surface area contributed by atoms with E-state index in [9.17, 15) is 5.11 Å². The molecule has 0 bridgehead atoms. The highest BCUT2D eigenvalue weighted by molar-refractivity contribution is 8.00. The van der Waals surface area contributed by atoms with Crippen LogP contribution in [0.15, 0.2) is 12.5 Å². The van der Waals surface area contributed by atoms with Crippen molar-refractivity contribution in [3.05, 3.63) is 18.2 Å². The van der Waals surface area contributed by atoms with Crippen molar-refractivity contribution in [1.82, 2.24) is 9.55 Å². The maximum absolute atomic E-state index is 9.80. The Kier molecular flexibility index (Phi) is 3.36. The Labute approximate surface area is 94.9 Å². The Hall–Kier alpha value is -0.480. The maximum atomic E-state index is 9.80. The molecule has 1 saturated heterocycles. The molecular formula is C11H18N2OS. The zero-order chi connectivity index (χ0) is 10.8. The molecule has 4 heteroatoms. The van der Waals surface area contributed by atoms with E-state index in [1.54, 1.807) is 11.8 Å². The second kappa shape index (κ2) is 4.58. The molecule has 2 heterocycles. The van der Waals surface area contributed by atoms with Gasteiger partial charge in [-0.25, -0.2) is 4.98 Å². The van der Waals surface area contributed by atoms with Crippen LogP contribution in [0.2, 0.25) is 0 Å². The van der Waals surface area contributed by atoms with Gasteiger partial charge in [0.1, 0.15) is 5.44 Å². The zero-order valence-electron chi connectivity index (χ0n) is 9.26. The number of aliphatic hydroxyl groups excluding tert-OH is 1. The fourth-order valence-corrected chi connectivity index (χ4v) is 3.77. The zero-order valence-corrected chi connectivity index (χ0v) is 10.1. The number of imidazole rings is 1. The van der Waals surface area contributed by atoms with Crippen LogP contribution in [0.3, 0.4) is 0 Å². The molecule has 15 heavy (non-hydrogen) atoms. The highest BCUT2D eigenvalue weighted by Gasteiger charge is 2.34. The number of hydrogen-bond donors (Lipinski definition) is 1. The Morgan fingerprint density at radius 1 is 1.67 bits per heavy atom. The van der Waals surface area contributed by atoms with Gasteiger partial charge in [0.25, 0.3) is 0 Å². The van der Waals surface area contributed by atoms with E-state index in [1.165, 1.54) is 5.69 Å². The average molecular weight is 226 g/mol. The van der Waals surface area contributed by atoms with Gasteiger partial charge in [0.2, 0.25) is 0 Å². The minimum atomic E-state index is -0.159. The van der Waals surface area contributed by atoms with Crippen LogP contribution in [0, 0.1) is 11.8 Å². The van der Waals surface area contributed by atoms with E-state index in [2.05, 4.69) is 16.5 Å². The van der Waals surface area contributed by atoms with Crippen molar-refractivity contribution in [2.24, 2.45) is 18.9 Å². The molecule has 3 atom stereocenters. The van der Waals surface area contributed by atoms with Gasteiger partial charge in [-0.1, -0.05) is 6.92 Å². The minimum absolute atomic E-state index is 0.159. The van der Waals surface area contributed by atoms with Crippen molar-refractivity contribution in [1.29, 1.82) is 0 Å². The van der Waals surface area contributed by atoms with Crippen LogP contribution in [0.1, 0.15) is 19.0 Å². The number of aromatic nitrogens is 2. The first-order valence-corrected chi connectivity index (χ1v) is 6.52. The highest BCUT2D eigenvalue weighted by Crippen LogP contribution is 2.39. The first kappa shape index (κ1) is 11.0. The Morgan fingerprint density at radius 2 is 2.47 bits per heavy atom. The van der Waals surface area contributed by atoms with Gasteiger partial charge < -0.3 is 9.67 Å². The summed E-state index contributed by atoms with van der Waals surface area (Å²) in [6.45, 7) is 2.16. The largest absolute Gasteiger partial charge is 0.382 e. The monoisotopic (exact) mass is 226 g/mol. The predicted molar refractivity (Wildman–Crippen MR) is 62.6 cm³/mol. The van der Waals surface area contributed by atoms with Crippen molar-refractivity contribution in [2.75, 3.05) is 5.75 Å². The Bertz CT molecular complexity index is 326. The summed E-state index contributed by atoms with van der Waals surface area (Å²) in [4.78, 5) is 4.13. The van der Waals surface area contributed by atoms with Crippen molar-refractivity contribution >= 4 is 11.8 Å². The molecule has 1 aliphatic rings. The van der Waals surface area contributed by atoms with Gasteiger partial charge in [-0.2, -0.15) is 0 Å². The fraction of sp³-hybridized carbons (Fsp3) is 0.727. The van der Waals surface area contributed by atoms with Gasteiger partial charge in [0.05, 0.1) is 6.33 Å². The molecule has 1 N–H and O–H groups in total. The molecule has 0 amide bonds. The van der Waals surface area contributed by atoms with Gasteiger partial charge in [-0.05, 0) is 30.4 Å². The molecule has 1 fully saturated rings. The van der Waals surface area contributed by atoms with Crippen LogP contribution in [-0.2, 0) is 13.5 Å².